The standard InChI is InChI=1S/C18H20N2O/c19-14-6-7-16-12(9-14)5-8-17(16)20-11-15-10-13-3-1-2-4-18(13)21-15/h1-4,6-7,9,15,17,20H,5,8,10-11,19H2. The molecular formula is C18H20N2O. The van der Waals surface area contributed by atoms with E-state index in [0.29, 0.717) is 6.04 Å². The molecule has 2 atom stereocenters. The van der Waals surface area contributed by atoms with Gasteiger partial charge in [0.25, 0.3) is 0 Å². The molecule has 1 aliphatic carbocycles. The fourth-order valence-electron chi connectivity index (χ4n) is 3.49. The number of ether oxygens (including phenoxy) is 1. The van der Waals surface area contributed by atoms with Crippen molar-refractivity contribution in [3.05, 3.63) is 59.2 Å². The lowest BCUT2D eigenvalue weighted by Gasteiger charge is -2.17. The summed E-state index contributed by atoms with van der Waals surface area (Å²) in [5, 5.41) is 3.67. The Balaban J connectivity index is 1.40. The quantitative estimate of drug-likeness (QED) is 0.850. The number of anilines is 1. The minimum atomic E-state index is 0.250. The second-order valence-corrected chi connectivity index (χ2v) is 6.01. The zero-order valence-corrected chi connectivity index (χ0v) is 12.0. The molecule has 0 aromatic heterocycles. The van der Waals surface area contributed by atoms with Gasteiger partial charge in [0.2, 0.25) is 0 Å². The van der Waals surface area contributed by atoms with E-state index in [0.717, 1.165) is 37.2 Å². The van der Waals surface area contributed by atoms with E-state index in [1.165, 1.54) is 16.7 Å². The molecule has 0 amide bonds. The van der Waals surface area contributed by atoms with Crippen molar-refractivity contribution in [3.63, 3.8) is 0 Å². The molecule has 1 aliphatic heterocycles. The molecule has 0 fully saturated rings. The van der Waals surface area contributed by atoms with Gasteiger partial charge in [0.05, 0.1) is 0 Å². The number of fused-ring (bicyclic) bond motifs is 2. The lowest BCUT2D eigenvalue weighted by atomic mass is 10.1. The molecular weight excluding hydrogens is 260 g/mol. The van der Waals surface area contributed by atoms with Gasteiger partial charge in [-0.05, 0) is 47.7 Å². The number of rotatable bonds is 3. The van der Waals surface area contributed by atoms with Crippen molar-refractivity contribution in [2.45, 2.75) is 31.4 Å². The summed E-state index contributed by atoms with van der Waals surface area (Å²) in [6.07, 6.45) is 3.52. The first kappa shape index (κ1) is 12.7. The van der Waals surface area contributed by atoms with Gasteiger partial charge in [-0.2, -0.15) is 0 Å². The number of nitrogen functional groups attached to an aromatic ring is 1. The molecule has 0 saturated heterocycles. The molecule has 0 spiro atoms. The fourth-order valence-corrected chi connectivity index (χ4v) is 3.49. The Morgan fingerprint density at radius 2 is 2.05 bits per heavy atom. The Morgan fingerprint density at radius 1 is 1.14 bits per heavy atom. The summed E-state index contributed by atoms with van der Waals surface area (Å²) in [4.78, 5) is 0. The van der Waals surface area contributed by atoms with Crippen LogP contribution in [0.25, 0.3) is 0 Å². The molecule has 2 unspecified atom stereocenters. The zero-order chi connectivity index (χ0) is 14.2. The van der Waals surface area contributed by atoms with Gasteiger partial charge >= 0.3 is 0 Å². The van der Waals surface area contributed by atoms with E-state index in [2.05, 4.69) is 35.6 Å². The van der Waals surface area contributed by atoms with Gasteiger partial charge < -0.3 is 15.8 Å². The van der Waals surface area contributed by atoms with Crippen molar-refractivity contribution in [2.75, 3.05) is 12.3 Å². The molecule has 3 heteroatoms. The van der Waals surface area contributed by atoms with Crippen LogP contribution in [-0.4, -0.2) is 12.6 Å². The van der Waals surface area contributed by atoms with E-state index in [1.807, 2.05) is 12.1 Å². The number of para-hydroxylation sites is 1. The van der Waals surface area contributed by atoms with E-state index in [-0.39, 0.29) is 6.10 Å². The van der Waals surface area contributed by atoms with Gasteiger partial charge in [-0.15, -0.1) is 0 Å². The van der Waals surface area contributed by atoms with Crippen LogP contribution in [0.15, 0.2) is 42.5 Å². The largest absolute Gasteiger partial charge is 0.488 e. The molecule has 4 rings (SSSR count). The highest BCUT2D eigenvalue weighted by molar-refractivity contribution is 5.47. The maximum absolute atomic E-state index is 5.99. The third kappa shape index (κ3) is 2.38. The summed E-state index contributed by atoms with van der Waals surface area (Å²) in [7, 11) is 0. The highest BCUT2D eigenvalue weighted by atomic mass is 16.5. The van der Waals surface area contributed by atoms with Crippen molar-refractivity contribution >= 4 is 5.69 Å². The molecule has 2 aliphatic rings. The number of hydrogen-bond donors (Lipinski definition) is 2. The Labute approximate surface area is 125 Å². The number of nitrogens with two attached hydrogens (primary N) is 1. The predicted molar refractivity (Wildman–Crippen MR) is 84.5 cm³/mol. The first-order valence-corrected chi connectivity index (χ1v) is 7.66. The topological polar surface area (TPSA) is 47.3 Å². The third-order valence-corrected chi connectivity index (χ3v) is 4.55. The highest BCUT2D eigenvalue weighted by Gasteiger charge is 2.26. The summed E-state index contributed by atoms with van der Waals surface area (Å²) in [5.74, 6) is 1.05. The van der Waals surface area contributed by atoms with Crippen molar-refractivity contribution in [1.82, 2.24) is 5.32 Å². The average Bonchev–Trinajstić information content (AvgIpc) is 3.07. The Bertz CT molecular complexity index is 643. The van der Waals surface area contributed by atoms with Gasteiger partial charge in [0.1, 0.15) is 11.9 Å². The summed E-state index contributed by atoms with van der Waals surface area (Å²) in [6, 6.07) is 15.0. The predicted octanol–water partition coefficient (Wildman–Crippen LogP) is 2.85. The number of hydrogen-bond acceptors (Lipinski definition) is 3. The van der Waals surface area contributed by atoms with E-state index in [9.17, 15) is 0 Å². The normalized spacial score (nSPS) is 22.7. The molecule has 1 heterocycles. The summed E-state index contributed by atoms with van der Waals surface area (Å²) >= 11 is 0. The minimum Gasteiger partial charge on any atom is -0.488 e. The van der Waals surface area contributed by atoms with E-state index in [4.69, 9.17) is 10.5 Å². The van der Waals surface area contributed by atoms with Gasteiger partial charge in [-0.25, -0.2) is 0 Å². The number of nitrogens with one attached hydrogen (secondary N) is 1. The van der Waals surface area contributed by atoms with Gasteiger partial charge in [0.15, 0.2) is 0 Å². The maximum Gasteiger partial charge on any atom is 0.123 e. The second kappa shape index (κ2) is 5.08. The summed E-state index contributed by atoms with van der Waals surface area (Å²) < 4.78 is 5.99. The SMILES string of the molecule is Nc1ccc2c(c1)CCC2NCC1Cc2ccccc2O1. The number of aryl methyl sites for hydroxylation is 1. The van der Waals surface area contributed by atoms with Gasteiger partial charge in [0, 0.05) is 24.7 Å². The van der Waals surface area contributed by atoms with Crippen LogP contribution in [0.5, 0.6) is 5.75 Å². The Kier molecular flexibility index (Phi) is 3.08. The molecule has 3 nitrogen and oxygen atoms in total. The molecule has 0 radical (unpaired) electrons. The first-order chi connectivity index (χ1) is 10.3. The molecule has 0 saturated carbocycles. The van der Waals surface area contributed by atoms with E-state index in [1.54, 1.807) is 0 Å². The van der Waals surface area contributed by atoms with Gasteiger partial charge in [-0.1, -0.05) is 24.3 Å². The lowest BCUT2D eigenvalue weighted by Crippen LogP contribution is -2.32. The van der Waals surface area contributed by atoms with Crippen LogP contribution in [0.1, 0.15) is 29.2 Å². The molecule has 21 heavy (non-hydrogen) atoms. The lowest BCUT2D eigenvalue weighted by molar-refractivity contribution is 0.221. The van der Waals surface area contributed by atoms with Crippen LogP contribution in [0, 0.1) is 0 Å². The first-order valence-electron chi connectivity index (χ1n) is 7.66. The van der Waals surface area contributed by atoms with Crippen LogP contribution in [-0.2, 0) is 12.8 Å². The van der Waals surface area contributed by atoms with E-state index < -0.39 is 0 Å². The van der Waals surface area contributed by atoms with Gasteiger partial charge in [-0.3, -0.25) is 0 Å². The fraction of sp³-hybridized carbons (Fsp3) is 0.333. The summed E-state index contributed by atoms with van der Waals surface area (Å²) in [5.41, 5.74) is 10.8. The van der Waals surface area contributed by atoms with Crippen molar-refractivity contribution in [1.29, 1.82) is 0 Å². The van der Waals surface area contributed by atoms with Crippen LogP contribution in [0.2, 0.25) is 0 Å². The molecule has 2 aromatic rings. The average molecular weight is 280 g/mol. The molecule has 108 valence electrons. The maximum atomic E-state index is 5.99. The van der Waals surface area contributed by atoms with Crippen LogP contribution in [0.4, 0.5) is 5.69 Å². The third-order valence-electron chi connectivity index (χ3n) is 4.55. The zero-order valence-electron chi connectivity index (χ0n) is 12.0. The summed E-state index contributed by atoms with van der Waals surface area (Å²) in [6.45, 7) is 0.892. The molecule has 0 bridgehead atoms. The van der Waals surface area contributed by atoms with E-state index >= 15 is 0 Å². The monoisotopic (exact) mass is 280 g/mol. The van der Waals surface area contributed by atoms with Crippen LogP contribution >= 0.6 is 0 Å². The van der Waals surface area contributed by atoms with Crippen molar-refractivity contribution in [2.24, 2.45) is 0 Å². The highest BCUT2D eigenvalue weighted by Crippen LogP contribution is 2.33. The molecule has 2 aromatic carbocycles. The van der Waals surface area contributed by atoms with Crippen molar-refractivity contribution in [3.8, 4) is 5.75 Å². The number of benzene rings is 2. The minimum absolute atomic E-state index is 0.250. The van der Waals surface area contributed by atoms with Crippen molar-refractivity contribution < 1.29 is 4.74 Å². The smallest absolute Gasteiger partial charge is 0.123 e. The Hall–Kier alpha value is -2.00. The van der Waals surface area contributed by atoms with Crippen LogP contribution < -0.4 is 15.8 Å². The second-order valence-electron chi connectivity index (χ2n) is 6.01. The Morgan fingerprint density at radius 3 is 2.95 bits per heavy atom. The molecule has 3 N–H and O–H groups in total. The van der Waals surface area contributed by atoms with Crippen LogP contribution in [0.3, 0.4) is 0 Å².